The van der Waals surface area contributed by atoms with E-state index in [1.165, 1.54) is 18.2 Å². The molecular formula is C16H14N2O4. The Balaban J connectivity index is 1.92. The van der Waals surface area contributed by atoms with Crippen molar-refractivity contribution in [3.63, 3.8) is 0 Å². The van der Waals surface area contributed by atoms with Crippen molar-refractivity contribution < 1.29 is 14.5 Å². The number of rotatable bonds is 5. The van der Waals surface area contributed by atoms with Crippen LogP contribution in [0.25, 0.3) is 0 Å². The number of nitro benzene ring substituents is 1. The Morgan fingerprint density at radius 1 is 1.18 bits per heavy atom. The van der Waals surface area contributed by atoms with Crippen molar-refractivity contribution in [2.24, 2.45) is 0 Å². The number of nitrogens with one attached hydrogen (secondary N) is 1. The zero-order chi connectivity index (χ0) is 15.5. The highest BCUT2D eigenvalue weighted by Crippen LogP contribution is 2.29. The number of nitrogens with zero attached hydrogens (tertiary/aromatic N) is 1. The average molecular weight is 298 g/mol. The van der Waals surface area contributed by atoms with Gasteiger partial charge in [-0.2, -0.15) is 0 Å². The summed E-state index contributed by atoms with van der Waals surface area (Å²) < 4.78 is 5.68. The van der Waals surface area contributed by atoms with Crippen molar-refractivity contribution in [2.75, 3.05) is 0 Å². The summed E-state index contributed by atoms with van der Waals surface area (Å²) in [6.07, 6.45) is 1.88. The lowest BCUT2D eigenvalue weighted by Crippen LogP contribution is -2.25. The van der Waals surface area contributed by atoms with Gasteiger partial charge < -0.3 is 10.1 Å². The Bertz CT molecular complexity index is 711. The van der Waals surface area contributed by atoms with Crippen LogP contribution < -0.4 is 10.1 Å². The average Bonchev–Trinajstić information content (AvgIpc) is 3.32. The molecule has 1 aliphatic rings. The fraction of sp³-hybridized carbons (Fsp3) is 0.188. The van der Waals surface area contributed by atoms with Gasteiger partial charge in [0.25, 0.3) is 11.6 Å². The number of carbonyl (C=O) groups excluding carboxylic acids is 1. The second-order valence-electron chi connectivity index (χ2n) is 5.10. The number of benzene rings is 2. The van der Waals surface area contributed by atoms with E-state index >= 15 is 0 Å². The van der Waals surface area contributed by atoms with Crippen molar-refractivity contribution in [2.45, 2.75) is 18.9 Å². The summed E-state index contributed by atoms with van der Waals surface area (Å²) >= 11 is 0. The van der Waals surface area contributed by atoms with Crippen LogP contribution in [0.5, 0.6) is 11.5 Å². The molecule has 0 aromatic heterocycles. The maximum Gasteiger partial charge on any atom is 0.270 e. The smallest absolute Gasteiger partial charge is 0.270 e. The third kappa shape index (κ3) is 3.22. The molecular weight excluding hydrogens is 284 g/mol. The predicted molar refractivity (Wildman–Crippen MR) is 80.1 cm³/mol. The van der Waals surface area contributed by atoms with Gasteiger partial charge in [0.2, 0.25) is 0 Å². The summed E-state index contributed by atoms with van der Waals surface area (Å²) in [4.78, 5) is 22.7. The first-order chi connectivity index (χ1) is 10.6. The Morgan fingerprint density at radius 3 is 2.55 bits per heavy atom. The Morgan fingerprint density at radius 2 is 1.91 bits per heavy atom. The first-order valence-corrected chi connectivity index (χ1v) is 6.96. The van der Waals surface area contributed by atoms with E-state index in [4.69, 9.17) is 4.74 Å². The van der Waals surface area contributed by atoms with Crippen LogP contribution in [0.15, 0.2) is 48.5 Å². The lowest BCUT2D eigenvalue weighted by Gasteiger charge is -2.11. The van der Waals surface area contributed by atoms with E-state index in [0.29, 0.717) is 11.5 Å². The molecule has 2 aromatic rings. The fourth-order valence-electron chi connectivity index (χ4n) is 2.00. The summed E-state index contributed by atoms with van der Waals surface area (Å²) in [6, 6.07) is 13.2. The quantitative estimate of drug-likeness (QED) is 0.678. The number of ether oxygens (including phenoxy) is 1. The summed E-state index contributed by atoms with van der Waals surface area (Å²) in [5.41, 5.74) is 0.0336. The van der Waals surface area contributed by atoms with Crippen molar-refractivity contribution in [3.05, 3.63) is 64.2 Å². The molecule has 0 radical (unpaired) electrons. The number of amides is 1. The van der Waals surface area contributed by atoms with Crippen LogP contribution in [0.2, 0.25) is 0 Å². The molecule has 0 aliphatic heterocycles. The molecule has 6 heteroatoms. The standard InChI is InChI=1S/C16H14N2O4/c19-16(17-11-6-7-11)14-10-12(18(20)21)8-9-15(14)22-13-4-2-1-3-5-13/h1-5,8-11H,6-7H2,(H,17,19). The normalized spacial score (nSPS) is 13.5. The number of nitro groups is 1. The minimum Gasteiger partial charge on any atom is -0.457 e. The van der Waals surface area contributed by atoms with Crippen molar-refractivity contribution >= 4 is 11.6 Å². The maximum absolute atomic E-state index is 12.3. The highest BCUT2D eigenvalue weighted by Gasteiger charge is 2.26. The molecule has 0 unspecified atom stereocenters. The molecule has 0 spiro atoms. The molecule has 1 fully saturated rings. The topological polar surface area (TPSA) is 81.5 Å². The van der Waals surface area contributed by atoms with Crippen LogP contribution in [-0.2, 0) is 0 Å². The van der Waals surface area contributed by atoms with Gasteiger partial charge in [-0.1, -0.05) is 18.2 Å². The summed E-state index contributed by atoms with van der Waals surface area (Å²) in [5, 5.41) is 13.7. The van der Waals surface area contributed by atoms with Crippen molar-refractivity contribution in [1.29, 1.82) is 0 Å². The maximum atomic E-state index is 12.3. The lowest BCUT2D eigenvalue weighted by molar-refractivity contribution is -0.384. The second kappa shape index (κ2) is 5.85. The van der Waals surface area contributed by atoms with Crippen molar-refractivity contribution in [3.8, 4) is 11.5 Å². The lowest BCUT2D eigenvalue weighted by atomic mass is 10.1. The largest absolute Gasteiger partial charge is 0.457 e. The first-order valence-electron chi connectivity index (χ1n) is 6.96. The molecule has 0 bridgehead atoms. The van der Waals surface area contributed by atoms with E-state index in [0.717, 1.165) is 12.8 Å². The molecule has 112 valence electrons. The van der Waals surface area contributed by atoms with Gasteiger partial charge in [-0.15, -0.1) is 0 Å². The van der Waals surface area contributed by atoms with Gasteiger partial charge in [0.15, 0.2) is 0 Å². The van der Waals surface area contributed by atoms with E-state index in [1.54, 1.807) is 12.1 Å². The molecule has 0 saturated heterocycles. The molecule has 0 heterocycles. The Labute approximate surface area is 126 Å². The molecule has 1 saturated carbocycles. The molecule has 1 aliphatic carbocycles. The van der Waals surface area contributed by atoms with E-state index in [-0.39, 0.29) is 23.2 Å². The van der Waals surface area contributed by atoms with E-state index in [1.807, 2.05) is 18.2 Å². The molecule has 2 aromatic carbocycles. The summed E-state index contributed by atoms with van der Waals surface area (Å²) in [7, 11) is 0. The van der Waals surface area contributed by atoms with Gasteiger partial charge in [-0.25, -0.2) is 0 Å². The number of hydrogen-bond acceptors (Lipinski definition) is 4. The monoisotopic (exact) mass is 298 g/mol. The zero-order valence-electron chi connectivity index (χ0n) is 11.7. The van der Waals surface area contributed by atoms with Gasteiger partial charge >= 0.3 is 0 Å². The van der Waals surface area contributed by atoms with Gasteiger partial charge in [-0.05, 0) is 31.0 Å². The molecule has 1 amide bonds. The van der Waals surface area contributed by atoms with Gasteiger partial charge in [0.05, 0.1) is 10.5 Å². The zero-order valence-corrected chi connectivity index (χ0v) is 11.7. The van der Waals surface area contributed by atoms with Crippen LogP contribution in [0.1, 0.15) is 23.2 Å². The number of non-ortho nitro benzene ring substituents is 1. The fourth-order valence-corrected chi connectivity index (χ4v) is 2.00. The van der Waals surface area contributed by atoms with E-state index < -0.39 is 4.92 Å². The number of hydrogen-bond donors (Lipinski definition) is 1. The van der Waals surface area contributed by atoms with Crippen molar-refractivity contribution in [1.82, 2.24) is 5.32 Å². The third-order valence-corrected chi connectivity index (χ3v) is 3.30. The minimum atomic E-state index is -0.528. The van der Waals surface area contributed by atoms with E-state index in [9.17, 15) is 14.9 Å². The molecule has 3 rings (SSSR count). The van der Waals surface area contributed by atoms with Crippen LogP contribution in [0.4, 0.5) is 5.69 Å². The van der Waals surface area contributed by atoms with Gasteiger partial charge in [-0.3, -0.25) is 14.9 Å². The predicted octanol–water partition coefficient (Wildman–Crippen LogP) is 3.28. The third-order valence-electron chi connectivity index (χ3n) is 3.30. The number of para-hydroxylation sites is 1. The second-order valence-corrected chi connectivity index (χ2v) is 5.10. The van der Waals surface area contributed by atoms with Gasteiger partial charge in [0.1, 0.15) is 11.5 Å². The van der Waals surface area contributed by atoms with E-state index in [2.05, 4.69) is 5.32 Å². The SMILES string of the molecule is O=C(NC1CC1)c1cc([N+](=O)[O-])ccc1Oc1ccccc1. The number of carbonyl (C=O) groups is 1. The van der Waals surface area contributed by atoms with Gasteiger partial charge in [0, 0.05) is 18.2 Å². The highest BCUT2D eigenvalue weighted by atomic mass is 16.6. The first kappa shape index (κ1) is 14.1. The molecule has 22 heavy (non-hydrogen) atoms. The van der Waals surface area contributed by atoms with Crippen LogP contribution in [0, 0.1) is 10.1 Å². The minimum absolute atomic E-state index is 0.138. The highest BCUT2D eigenvalue weighted by molar-refractivity contribution is 5.98. The summed E-state index contributed by atoms with van der Waals surface area (Å²) in [5.74, 6) is 0.518. The van der Waals surface area contributed by atoms with Crippen LogP contribution in [-0.4, -0.2) is 16.9 Å². The Hall–Kier alpha value is -2.89. The Kier molecular flexibility index (Phi) is 3.74. The molecule has 0 atom stereocenters. The molecule has 1 N–H and O–H groups in total. The van der Waals surface area contributed by atoms with Crippen LogP contribution in [0.3, 0.4) is 0 Å². The van der Waals surface area contributed by atoms with Crippen LogP contribution >= 0.6 is 0 Å². The molecule has 6 nitrogen and oxygen atoms in total. The summed E-state index contributed by atoms with van der Waals surface area (Å²) in [6.45, 7) is 0.